The van der Waals surface area contributed by atoms with Crippen molar-refractivity contribution in [2.75, 3.05) is 5.32 Å². The molecule has 0 unspecified atom stereocenters. The van der Waals surface area contributed by atoms with E-state index in [0.29, 0.717) is 11.3 Å². The van der Waals surface area contributed by atoms with Crippen LogP contribution in [0.25, 0.3) is 0 Å². The Morgan fingerprint density at radius 3 is 2.36 bits per heavy atom. The van der Waals surface area contributed by atoms with Gasteiger partial charge >= 0.3 is 0 Å². The summed E-state index contributed by atoms with van der Waals surface area (Å²) >= 11 is 0. The number of pyridine rings is 1. The zero-order valence-corrected chi connectivity index (χ0v) is 14.1. The highest BCUT2D eigenvalue weighted by Gasteiger charge is 2.10. The van der Waals surface area contributed by atoms with Gasteiger partial charge in [-0.05, 0) is 42.2 Å². The lowest BCUT2D eigenvalue weighted by atomic mass is 10.1. The van der Waals surface area contributed by atoms with Crippen molar-refractivity contribution >= 4 is 11.6 Å². The van der Waals surface area contributed by atoms with Crippen LogP contribution in [-0.2, 0) is 17.8 Å². The summed E-state index contributed by atoms with van der Waals surface area (Å²) in [5.74, 6) is -0.514. The molecule has 1 aromatic heterocycles. The number of halogens is 1. The molecule has 0 aliphatic rings. The number of nitrogens with one attached hydrogen (secondary N) is 1. The molecule has 0 aliphatic heterocycles. The first kappa shape index (κ1) is 16.8. The van der Waals surface area contributed by atoms with E-state index >= 15 is 0 Å². The van der Waals surface area contributed by atoms with Crippen molar-refractivity contribution in [3.8, 4) is 0 Å². The highest BCUT2D eigenvalue weighted by atomic mass is 19.1. The number of benzene rings is 2. The second kappa shape index (κ2) is 7.71. The van der Waals surface area contributed by atoms with Crippen LogP contribution >= 0.6 is 0 Å². The molecule has 2 aromatic carbocycles. The van der Waals surface area contributed by atoms with Crippen LogP contribution in [0, 0.1) is 12.7 Å². The Labute approximate surface area is 146 Å². The SMILES string of the molecule is Cc1ccc(NC(=O)C[n+]2ccc(Cc3ccccc3)cc2)cc1F. The quantitative estimate of drug-likeness (QED) is 0.709. The molecule has 4 heteroatoms. The van der Waals surface area contributed by atoms with Crippen LogP contribution in [0.2, 0.25) is 0 Å². The van der Waals surface area contributed by atoms with Gasteiger partial charge < -0.3 is 5.32 Å². The van der Waals surface area contributed by atoms with Crippen LogP contribution in [0.15, 0.2) is 73.1 Å². The molecule has 1 heterocycles. The van der Waals surface area contributed by atoms with Gasteiger partial charge in [0, 0.05) is 17.8 Å². The number of carbonyl (C=O) groups excluding carboxylic acids is 1. The molecule has 0 spiro atoms. The minimum absolute atomic E-state index is 0.182. The molecule has 25 heavy (non-hydrogen) atoms. The largest absolute Gasteiger partial charge is 0.320 e. The number of hydrogen-bond acceptors (Lipinski definition) is 1. The molecular formula is C21H20FN2O+. The van der Waals surface area contributed by atoms with Crippen LogP contribution < -0.4 is 9.88 Å². The molecule has 0 saturated heterocycles. The van der Waals surface area contributed by atoms with Gasteiger partial charge in [-0.3, -0.25) is 4.79 Å². The summed E-state index contributed by atoms with van der Waals surface area (Å²) in [5, 5.41) is 2.71. The van der Waals surface area contributed by atoms with Gasteiger partial charge in [0.1, 0.15) is 5.82 Å². The lowest BCUT2D eigenvalue weighted by molar-refractivity contribution is -0.684. The van der Waals surface area contributed by atoms with Crippen LogP contribution in [0.4, 0.5) is 10.1 Å². The molecule has 0 aliphatic carbocycles. The van der Waals surface area contributed by atoms with E-state index < -0.39 is 0 Å². The Morgan fingerprint density at radius 2 is 1.68 bits per heavy atom. The second-order valence-electron chi connectivity index (χ2n) is 6.05. The molecule has 0 fully saturated rings. The Morgan fingerprint density at radius 1 is 1.00 bits per heavy atom. The molecule has 1 N–H and O–H groups in total. The van der Waals surface area contributed by atoms with E-state index in [1.54, 1.807) is 23.6 Å². The lowest BCUT2D eigenvalue weighted by Crippen LogP contribution is -2.39. The Bertz CT molecular complexity index is 861. The maximum absolute atomic E-state index is 13.5. The Hall–Kier alpha value is -3.01. The van der Waals surface area contributed by atoms with E-state index in [1.807, 2.05) is 42.7 Å². The maximum Gasteiger partial charge on any atom is 0.290 e. The number of anilines is 1. The first-order chi connectivity index (χ1) is 12.1. The van der Waals surface area contributed by atoms with Crippen molar-refractivity contribution in [3.05, 3.63) is 95.6 Å². The normalized spacial score (nSPS) is 10.5. The number of hydrogen-bond donors (Lipinski definition) is 1. The van der Waals surface area contributed by atoms with Crippen molar-refractivity contribution < 1.29 is 13.8 Å². The Kier molecular flexibility index (Phi) is 5.19. The third-order valence-electron chi connectivity index (χ3n) is 3.99. The smallest absolute Gasteiger partial charge is 0.290 e. The molecule has 3 rings (SSSR count). The number of rotatable bonds is 5. The summed E-state index contributed by atoms with van der Waals surface area (Å²) in [5.41, 5.74) is 3.46. The number of carbonyl (C=O) groups is 1. The van der Waals surface area contributed by atoms with Crippen LogP contribution in [0.3, 0.4) is 0 Å². The molecule has 0 atom stereocenters. The van der Waals surface area contributed by atoms with E-state index in [1.165, 1.54) is 17.2 Å². The zero-order chi connectivity index (χ0) is 17.6. The fourth-order valence-electron chi connectivity index (χ4n) is 2.58. The zero-order valence-electron chi connectivity index (χ0n) is 14.1. The average Bonchev–Trinajstić information content (AvgIpc) is 2.61. The van der Waals surface area contributed by atoms with E-state index in [-0.39, 0.29) is 18.3 Å². The highest BCUT2D eigenvalue weighted by molar-refractivity contribution is 5.89. The first-order valence-corrected chi connectivity index (χ1v) is 8.18. The van der Waals surface area contributed by atoms with Crippen molar-refractivity contribution in [2.24, 2.45) is 0 Å². The van der Waals surface area contributed by atoms with Gasteiger partial charge in [-0.25, -0.2) is 4.39 Å². The van der Waals surface area contributed by atoms with Crippen LogP contribution in [0.1, 0.15) is 16.7 Å². The van der Waals surface area contributed by atoms with Gasteiger partial charge in [-0.2, -0.15) is 4.57 Å². The number of nitrogens with zero attached hydrogens (tertiary/aromatic N) is 1. The van der Waals surface area contributed by atoms with E-state index in [2.05, 4.69) is 17.4 Å². The summed E-state index contributed by atoms with van der Waals surface area (Å²) in [6.07, 6.45) is 4.62. The third-order valence-corrected chi connectivity index (χ3v) is 3.99. The summed E-state index contributed by atoms with van der Waals surface area (Å²) in [6.45, 7) is 1.87. The monoisotopic (exact) mass is 335 g/mol. The number of amides is 1. The van der Waals surface area contributed by atoms with E-state index in [4.69, 9.17) is 0 Å². The fourth-order valence-corrected chi connectivity index (χ4v) is 2.58. The number of aromatic nitrogens is 1. The molecule has 126 valence electrons. The molecule has 3 nitrogen and oxygen atoms in total. The topological polar surface area (TPSA) is 33.0 Å². The minimum Gasteiger partial charge on any atom is -0.320 e. The molecule has 0 saturated carbocycles. The van der Waals surface area contributed by atoms with Crippen LogP contribution in [0.5, 0.6) is 0 Å². The summed E-state index contributed by atoms with van der Waals surface area (Å²) in [7, 11) is 0. The van der Waals surface area contributed by atoms with Gasteiger partial charge in [0.2, 0.25) is 6.54 Å². The summed E-state index contributed by atoms with van der Waals surface area (Å²) < 4.78 is 15.3. The van der Waals surface area contributed by atoms with E-state index in [9.17, 15) is 9.18 Å². The summed E-state index contributed by atoms with van der Waals surface area (Å²) in [6, 6.07) is 18.9. The van der Waals surface area contributed by atoms with Gasteiger partial charge in [0.05, 0.1) is 0 Å². The molecule has 0 bridgehead atoms. The fraction of sp³-hybridized carbons (Fsp3) is 0.143. The van der Waals surface area contributed by atoms with Gasteiger partial charge in [-0.15, -0.1) is 0 Å². The molecule has 1 amide bonds. The van der Waals surface area contributed by atoms with Crippen molar-refractivity contribution in [2.45, 2.75) is 19.9 Å². The van der Waals surface area contributed by atoms with Crippen molar-refractivity contribution in [3.63, 3.8) is 0 Å². The van der Waals surface area contributed by atoms with Crippen molar-refractivity contribution in [1.29, 1.82) is 0 Å². The molecule has 3 aromatic rings. The second-order valence-corrected chi connectivity index (χ2v) is 6.05. The average molecular weight is 335 g/mol. The number of aryl methyl sites for hydroxylation is 1. The van der Waals surface area contributed by atoms with Gasteiger partial charge in [0.25, 0.3) is 5.91 Å². The molecule has 0 radical (unpaired) electrons. The first-order valence-electron chi connectivity index (χ1n) is 8.18. The maximum atomic E-state index is 13.5. The lowest BCUT2D eigenvalue weighted by Gasteiger charge is -2.05. The van der Waals surface area contributed by atoms with Crippen molar-refractivity contribution in [1.82, 2.24) is 0 Å². The Balaban J connectivity index is 1.59. The van der Waals surface area contributed by atoms with Crippen LogP contribution in [-0.4, -0.2) is 5.91 Å². The van der Waals surface area contributed by atoms with Gasteiger partial charge in [-0.1, -0.05) is 36.4 Å². The standard InChI is InChI=1S/C21H19FN2O/c1-16-7-8-19(14-20(16)22)23-21(25)15-24-11-9-18(10-12-24)13-17-5-3-2-4-6-17/h2-12,14H,13,15H2,1H3/p+1. The van der Waals surface area contributed by atoms with E-state index in [0.717, 1.165) is 6.42 Å². The third kappa shape index (κ3) is 4.73. The predicted molar refractivity (Wildman–Crippen MR) is 95.7 cm³/mol. The predicted octanol–water partition coefficient (Wildman–Crippen LogP) is 3.65. The molecular weight excluding hydrogens is 315 g/mol. The highest BCUT2D eigenvalue weighted by Crippen LogP contribution is 2.13. The minimum atomic E-state index is -0.323. The van der Waals surface area contributed by atoms with Gasteiger partial charge in [0.15, 0.2) is 12.4 Å². The summed E-state index contributed by atoms with van der Waals surface area (Å²) in [4.78, 5) is 12.1.